The summed E-state index contributed by atoms with van der Waals surface area (Å²) in [5.41, 5.74) is 0.286. The van der Waals surface area contributed by atoms with Crippen LogP contribution in [0.1, 0.15) is 25.7 Å². The highest BCUT2D eigenvalue weighted by Gasteiger charge is 2.50. The minimum absolute atomic E-state index is 0. The number of piperazine rings is 2. The van der Waals surface area contributed by atoms with Gasteiger partial charge in [0.2, 0.25) is 0 Å². The van der Waals surface area contributed by atoms with Gasteiger partial charge in [-0.05, 0) is 24.3 Å². The molecule has 216 valence electrons. The summed E-state index contributed by atoms with van der Waals surface area (Å²) in [4.78, 5) is 0. The molecule has 2 aliphatic heterocycles. The molecule has 2 heterocycles. The maximum atomic E-state index is 3.95. The average molecular weight is 655 g/mol. The van der Waals surface area contributed by atoms with Crippen LogP contribution in [0.3, 0.4) is 0 Å². The summed E-state index contributed by atoms with van der Waals surface area (Å²) >= 11 is 0. The van der Waals surface area contributed by atoms with Gasteiger partial charge < -0.3 is 53.6 Å². The monoisotopic (exact) mass is 652 g/mol. The van der Waals surface area contributed by atoms with E-state index >= 15 is 0 Å². The first-order valence-electron chi connectivity index (χ1n) is 13.4. The van der Waals surface area contributed by atoms with E-state index in [2.05, 4.69) is 63.3 Å². The van der Waals surface area contributed by atoms with Crippen LogP contribution < -0.4 is 44.6 Å². The Labute approximate surface area is 256 Å². The predicted octanol–water partition coefficient (Wildman–Crippen LogP) is -0.653. The van der Waals surface area contributed by atoms with Crippen LogP contribution in [-0.2, 0) is 0 Å². The molecule has 0 atom stereocenters. The van der Waals surface area contributed by atoms with E-state index in [-0.39, 0.29) is 45.0 Å². The van der Waals surface area contributed by atoms with Gasteiger partial charge in [0.1, 0.15) is 11.1 Å². The number of hydrogen-bond acceptors (Lipinski definition) is 2. The zero-order chi connectivity index (χ0) is 27.0. The lowest BCUT2D eigenvalue weighted by Crippen LogP contribution is -3.00. The van der Waals surface area contributed by atoms with E-state index < -0.39 is 0 Å². The molecule has 38 heavy (non-hydrogen) atoms. The molecule has 0 saturated carbocycles. The van der Waals surface area contributed by atoms with Gasteiger partial charge in [0.25, 0.3) is 0 Å². The number of quaternary nitrogens is 2. The van der Waals surface area contributed by atoms with Gasteiger partial charge in [-0.25, -0.2) is 0 Å². The highest BCUT2D eigenvalue weighted by Crippen LogP contribution is 2.36. The fraction of sp³-hybridized carbons (Fsp3) is 0.500. The normalized spacial score (nSPS) is 19.8. The summed E-state index contributed by atoms with van der Waals surface area (Å²) in [6.07, 6.45) is 20.3. The molecular weight excluding hydrogens is 600 g/mol. The van der Waals surface area contributed by atoms with Crippen molar-refractivity contribution in [2.45, 2.75) is 36.8 Å². The Balaban J connectivity index is 0. The maximum absolute atomic E-state index is 3.95. The molecule has 0 aromatic rings. The molecule has 2 rings (SSSR count). The molecule has 2 saturated heterocycles. The minimum atomic E-state index is 0. The molecule has 0 radical (unpaired) electrons. The predicted molar refractivity (Wildman–Crippen MR) is 161 cm³/mol. The van der Waals surface area contributed by atoms with E-state index in [0.717, 1.165) is 100 Å². The fourth-order valence-electron chi connectivity index (χ4n) is 6.62. The van der Waals surface area contributed by atoms with Crippen LogP contribution in [0.5, 0.6) is 0 Å². The summed E-state index contributed by atoms with van der Waals surface area (Å²) in [5.74, 6) is 0. The number of nitrogens with one attached hydrogen (secondary N) is 2. The molecule has 0 unspecified atom stereocenters. The number of halogens is 2. The second kappa shape index (κ2) is 19.7. The van der Waals surface area contributed by atoms with Gasteiger partial charge in [-0.1, -0.05) is 50.6 Å². The Morgan fingerprint density at radius 2 is 0.737 bits per heavy atom. The SMILES string of the molecule is C=CCC1(CC=C)CNCC[N+]1(CC=C)CC=C.C=CCC1(CC=C)CNCC[N+]1(CC=C)CC=C.[Br-].[Br-]. The summed E-state index contributed by atoms with van der Waals surface area (Å²) in [7, 11) is 0. The highest BCUT2D eigenvalue weighted by atomic mass is 79.9. The third kappa shape index (κ3) is 8.87. The number of nitrogens with zero attached hydrogens (tertiary/aromatic N) is 2. The highest BCUT2D eigenvalue weighted by molar-refractivity contribution is 5.01. The van der Waals surface area contributed by atoms with Gasteiger partial charge in [-0.2, -0.15) is 0 Å². The Kier molecular flexibility index (Phi) is 20.2. The first-order valence-corrected chi connectivity index (χ1v) is 13.4. The van der Waals surface area contributed by atoms with Crippen LogP contribution in [0.2, 0.25) is 0 Å². The number of rotatable bonds is 16. The molecule has 4 nitrogen and oxygen atoms in total. The Hall–Kier alpha value is -1.28. The van der Waals surface area contributed by atoms with Gasteiger partial charge in [0, 0.05) is 38.8 Å². The van der Waals surface area contributed by atoms with Gasteiger partial charge in [-0.3, -0.25) is 0 Å². The van der Waals surface area contributed by atoms with Crippen molar-refractivity contribution in [2.75, 3.05) is 65.4 Å². The molecule has 0 aliphatic carbocycles. The van der Waals surface area contributed by atoms with E-state index in [1.54, 1.807) is 0 Å². The van der Waals surface area contributed by atoms with E-state index in [1.165, 1.54) is 0 Å². The van der Waals surface area contributed by atoms with Crippen molar-refractivity contribution in [1.29, 1.82) is 0 Å². The molecule has 2 aliphatic rings. The summed E-state index contributed by atoms with van der Waals surface area (Å²) < 4.78 is 2.04. The molecule has 2 fully saturated rings. The van der Waals surface area contributed by atoms with Gasteiger partial charge in [0.05, 0.1) is 52.4 Å². The Morgan fingerprint density at radius 1 is 0.474 bits per heavy atom. The zero-order valence-corrected chi connectivity index (χ0v) is 27.0. The summed E-state index contributed by atoms with van der Waals surface area (Å²) in [6, 6.07) is 0. The first kappa shape index (κ1) is 38.9. The van der Waals surface area contributed by atoms with Crippen molar-refractivity contribution in [3.63, 3.8) is 0 Å². The van der Waals surface area contributed by atoms with Crippen molar-refractivity contribution in [1.82, 2.24) is 10.6 Å². The lowest BCUT2D eigenvalue weighted by Gasteiger charge is -2.55. The maximum Gasteiger partial charge on any atom is 0.119 e. The summed E-state index contributed by atoms with van der Waals surface area (Å²) in [5, 5.41) is 7.07. The molecular formula is C32H54Br2N4. The van der Waals surface area contributed by atoms with Crippen LogP contribution in [-0.4, -0.2) is 85.5 Å². The molecule has 0 aromatic heterocycles. The molecule has 0 aromatic carbocycles. The molecule has 2 N–H and O–H groups in total. The van der Waals surface area contributed by atoms with Crippen molar-refractivity contribution in [3.05, 3.63) is 101 Å². The van der Waals surface area contributed by atoms with Crippen LogP contribution in [0, 0.1) is 0 Å². The van der Waals surface area contributed by atoms with E-state index in [1.807, 2.05) is 48.6 Å². The third-order valence-corrected chi connectivity index (χ3v) is 8.37. The Morgan fingerprint density at radius 3 is 0.947 bits per heavy atom. The van der Waals surface area contributed by atoms with Gasteiger partial charge in [0.15, 0.2) is 0 Å². The van der Waals surface area contributed by atoms with Crippen molar-refractivity contribution in [2.24, 2.45) is 0 Å². The van der Waals surface area contributed by atoms with E-state index in [4.69, 9.17) is 0 Å². The van der Waals surface area contributed by atoms with Crippen molar-refractivity contribution in [3.8, 4) is 0 Å². The number of hydrogen-bond donors (Lipinski definition) is 2. The topological polar surface area (TPSA) is 24.1 Å². The lowest BCUT2D eigenvalue weighted by atomic mass is 9.83. The average Bonchev–Trinajstić information content (AvgIpc) is 2.85. The van der Waals surface area contributed by atoms with Crippen LogP contribution >= 0.6 is 0 Å². The first-order chi connectivity index (χ1) is 17.4. The zero-order valence-electron chi connectivity index (χ0n) is 23.8. The fourth-order valence-corrected chi connectivity index (χ4v) is 6.62. The Bertz CT molecular complexity index is 605. The molecule has 0 spiro atoms. The third-order valence-electron chi connectivity index (χ3n) is 8.37. The standard InChI is InChI=1S/2C16H27N2.2BrH/c2*1-5-9-16(10-6-2)15-17-11-14-18(16,12-7-3)13-8-4;;/h2*5-8,17H,1-4,9-15H2;2*1H/q2*+1;;/p-2. The van der Waals surface area contributed by atoms with Crippen molar-refractivity contribution >= 4 is 0 Å². The second-order valence-corrected chi connectivity index (χ2v) is 10.4. The van der Waals surface area contributed by atoms with Crippen LogP contribution in [0.15, 0.2) is 101 Å². The summed E-state index contributed by atoms with van der Waals surface area (Å²) in [6.45, 7) is 41.8. The van der Waals surface area contributed by atoms with Gasteiger partial charge >= 0.3 is 0 Å². The van der Waals surface area contributed by atoms with Gasteiger partial charge in [-0.15, -0.1) is 26.3 Å². The molecule has 0 amide bonds. The van der Waals surface area contributed by atoms with Crippen molar-refractivity contribution < 1.29 is 42.9 Å². The van der Waals surface area contributed by atoms with E-state index in [9.17, 15) is 0 Å². The minimum Gasteiger partial charge on any atom is -1.00 e. The van der Waals surface area contributed by atoms with Crippen LogP contribution in [0.4, 0.5) is 0 Å². The molecule has 0 bridgehead atoms. The van der Waals surface area contributed by atoms with Crippen LogP contribution in [0.25, 0.3) is 0 Å². The second-order valence-electron chi connectivity index (χ2n) is 10.4. The van der Waals surface area contributed by atoms with E-state index in [0.29, 0.717) is 0 Å². The smallest absolute Gasteiger partial charge is 0.119 e. The molecule has 6 heteroatoms. The quantitative estimate of drug-likeness (QED) is 0.171. The largest absolute Gasteiger partial charge is 1.00 e. The lowest BCUT2D eigenvalue weighted by molar-refractivity contribution is -0.968.